The maximum atomic E-state index is 13.0. The van der Waals surface area contributed by atoms with Gasteiger partial charge < -0.3 is 15.2 Å². The fourth-order valence-electron chi connectivity index (χ4n) is 3.58. The number of pyridine rings is 1. The molecule has 36 heavy (non-hydrogen) atoms. The number of benzene rings is 3. The molecule has 4 aromatic rings. The number of Topliss-reactive ketones (excluding diaryl/α,β-unsaturated/α-hetero) is 1. The number of amides is 1. The molecule has 0 atom stereocenters. The predicted octanol–water partition coefficient (Wildman–Crippen LogP) is 5.75. The number of para-hydroxylation sites is 1. The summed E-state index contributed by atoms with van der Waals surface area (Å²) >= 11 is 6.35. The molecule has 0 bridgehead atoms. The lowest BCUT2D eigenvalue weighted by atomic mass is 10.0. The first-order chi connectivity index (χ1) is 17.3. The lowest BCUT2D eigenvalue weighted by Gasteiger charge is -2.12. The highest BCUT2D eigenvalue weighted by molar-refractivity contribution is 6.34. The monoisotopic (exact) mass is 500 g/mol. The van der Waals surface area contributed by atoms with E-state index in [1.807, 2.05) is 12.1 Å². The predicted molar refractivity (Wildman–Crippen MR) is 138 cm³/mol. The summed E-state index contributed by atoms with van der Waals surface area (Å²) < 4.78 is 5.26. The topological polar surface area (TPSA) is 106 Å². The number of ether oxygens (including phenoxy) is 1. The number of anilines is 1. The van der Waals surface area contributed by atoms with Crippen LogP contribution in [0, 0.1) is 0 Å². The first-order valence-electron chi connectivity index (χ1n) is 11.0. The summed E-state index contributed by atoms with van der Waals surface area (Å²) in [5, 5.41) is 13.0. The summed E-state index contributed by atoms with van der Waals surface area (Å²) in [5.41, 5.74) is 1.91. The molecule has 8 heteroatoms. The molecule has 180 valence electrons. The summed E-state index contributed by atoms with van der Waals surface area (Å²) in [6.07, 6.45) is 1.67. The van der Waals surface area contributed by atoms with Crippen LogP contribution in [-0.2, 0) is 11.2 Å². The van der Waals surface area contributed by atoms with Gasteiger partial charge in [-0.1, -0.05) is 54.6 Å². The Hall–Kier alpha value is -4.49. The molecule has 0 aliphatic rings. The number of aryl methyl sites for hydroxylation is 1. The molecule has 1 amide bonds. The number of esters is 1. The van der Waals surface area contributed by atoms with E-state index < -0.39 is 11.9 Å². The number of phenolic OH excluding ortho intramolecular Hbond substituents is 1. The van der Waals surface area contributed by atoms with Gasteiger partial charge in [0.2, 0.25) is 0 Å². The van der Waals surface area contributed by atoms with Crippen molar-refractivity contribution in [2.24, 2.45) is 0 Å². The van der Waals surface area contributed by atoms with Gasteiger partial charge in [-0.25, -0.2) is 9.78 Å². The van der Waals surface area contributed by atoms with Crippen LogP contribution in [0.15, 0.2) is 85.5 Å². The number of fused-ring (bicyclic) bond motifs is 1. The summed E-state index contributed by atoms with van der Waals surface area (Å²) in [7, 11) is 0. The third-order valence-electron chi connectivity index (χ3n) is 5.39. The Morgan fingerprint density at radius 2 is 1.83 bits per heavy atom. The zero-order chi connectivity index (χ0) is 25.7. The minimum absolute atomic E-state index is 0.0382. The average molecular weight is 501 g/mol. The van der Waals surface area contributed by atoms with Crippen LogP contribution in [0.3, 0.4) is 0 Å². The Bertz CT molecular complexity index is 1500. The van der Waals surface area contributed by atoms with Gasteiger partial charge in [-0.2, -0.15) is 0 Å². The number of aromatic hydroxyl groups is 1. The fourth-order valence-corrected chi connectivity index (χ4v) is 3.84. The van der Waals surface area contributed by atoms with Crippen molar-refractivity contribution in [3.8, 4) is 11.5 Å². The third-order valence-corrected chi connectivity index (χ3v) is 5.70. The quantitative estimate of drug-likeness (QED) is 0.181. The van der Waals surface area contributed by atoms with Gasteiger partial charge in [0, 0.05) is 23.4 Å². The largest absolute Gasteiger partial charge is 0.508 e. The van der Waals surface area contributed by atoms with Gasteiger partial charge in [0.05, 0.1) is 16.1 Å². The van der Waals surface area contributed by atoms with E-state index in [4.69, 9.17) is 16.3 Å². The van der Waals surface area contributed by atoms with Crippen LogP contribution in [0.2, 0.25) is 5.02 Å². The molecule has 1 aromatic heterocycles. The summed E-state index contributed by atoms with van der Waals surface area (Å²) in [5.74, 6) is -1.20. The molecule has 0 saturated carbocycles. The van der Waals surface area contributed by atoms with Gasteiger partial charge >= 0.3 is 5.97 Å². The van der Waals surface area contributed by atoms with Gasteiger partial charge in [-0.15, -0.1) is 0 Å². The second kappa shape index (κ2) is 10.8. The first-order valence-corrected chi connectivity index (χ1v) is 11.4. The van der Waals surface area contributed by atoms with E-state index in [9.17, 15) is 19.5 Å². The molecule has 0 fully saturated rings. The molecule has 4 rings (SSSR count). The molecule has 0 spiro atoms. The van der Waals surface area contributed by atoms with Crippen molar-refractivity contribution in [2.45, 2.75) is 12.8 Å². The summed E-state index contributed by atoms with van der Waals surface area (Å²) in [4.78, 5) is 41.8. The maximum absolute atomic E-state index is 13.0. The van der Waals surface area contributed by atoms with Gasteiger partial charge in [-0.3, -0.25) is 9.59 Å². The van der Waals surface area contributed by atoms with Crippen LogP contribution >= 0.6 is 11.6 Å². The SMILES string of the molecule is C=CC(=O)Oc1cc2ccccc2nc1NC(=O)c1ccc(C(=O)CCc2cccc(O)c2)cc1Cl. The van der Waals surface area contributed by atoms with Crippen molar-refractivity contribution in [2.75, 3.05) is 5.32 Å². The number of aromatic nitrogens is 1. The van der Waals surface area contributed by atoms with Crippen molar-refractivity contribution in [1.82, 2.24) is 4.98 Å². The van der Waals surface area contributed by atoms with Crippen molar-refractivity contribution in [3.05, 3.63) is 107 Å². The van der Waals surface area contributed by atoms with Crippen LogP contribution in [0.4, 0.5) is 5.82 Å². The van der Waals surface area contributed by atoms with E-state index in [2.05, 4.69) is 16.9 Å². The molecular weight excluding hydrogens is 480 g/mol. The number of carbonyl (C=O) groups excluding carboxylic acids is 3. The van der Waals surface area contributed by atoms with Crippen LogP contribution in [-0.4, -0.2) is 27.8 Å². The molecule has 7 nitrogen and oxygen atoms in total. The van der Waals surface area contributed by atoms with Gasteiger partial charge in [0.1, 0.15) is 5.75 Å². The van der Waals surface area contributed by atoms with E-state index in [1.165, 1.54) is 18.2 Å². The Morgan fingerprint density at radius 1 is 1.03 bits per heavy atom. The highest BCUT2D eigenvalue weighted by Gasteiger charge is 2.18. The average Bonchev–Trinajstić information content (AvgIpc) is 2.87. The Balaban J connectivity index is 1.52. The number of rotatable bonds is 8. The Morgan fingerprint density at radius 3 is 2.58 bits per heavy atom. The second-order valence-electron chi connectivity index (χ2n) is 7.89. The van der Waals surface area contributed by atoms with E-state index in [-0.39, 0.29) is 40.1 Å². The molecule has 0 aliphatic heterocycles. The summed E-state index contributed by atoms with van der Waals surface area (Å²) in [6.45, 7) is 3.39. The molecule has 0 aliphatic carbocycles. The maximum Gasteiger partial charge on any atom is 0.335 e. The van der Waals surface area contributed by atoms with Crippen molar-refractivity contribution >= 4 is 46.0 Å². The van der Waals surface area contributed by atoms with E-state index in [0.29, 0.717) is 22.9 Å². The van der Waals surface area contributed by atoms with Crippen molar-refractivity contribution in [3.63, 3.8) is 0 Å². The number of hydrogen-bond acceptors (Lipinski definition) is 6. The lowest BCUT2D eigenvalue weighted by Crippen LogP contribution is -2.16. The number of nitrogens with one attached hydrogen (secondary N) is 1. The third kappa shape index (κ3) is 5.76. The van der Waals surface area contributed by atoms with Gasteiger partial charge in [-0.05, 0) is 48.4 Å². The van der Waals surface area contributed by atoms with Gasteiger partial charge in [0.15, 0.2) is 17.4 Å². The standard InChI is InChI=1S/C28H21ClN2O5/c1-2-26(34)36-25-16-18-7-3-4-9-23(18)30-27(25)31-28(35)21-12-11-19(15-22(21)29)24(33)13-10-17-6-5-8-20(32)14-17/h2-9,11-12,14-16,32H,1,10,13H2,(H,30,31,35). The zero-order valence-corrected chi connectivity index (χ0v) is 19.8. The fraction of sp³-hybridized carbons (Fsp3) is 0.0714. The number of ketones is 1. The minimum Gasteiger partial charge on any atom is -0.508 e. The van der Waals surface area contributed by atoms with E-state index in [1.54, 1.807) is 42.5 Å². The second-order valence-corrected chi connectivity index (χ2v) is 8.30. The number of phenols is 1. The number of carbonyl (C=O) groups is 3. The summed E-state index contributed by atoms with van der Waals surface area (Å²) in [6, 6.07) is 19.9. The normalized spacial score (nSPS) is 10.6. The molecule has 0 radical (unpaired) electrons. The Labute approximate surface area is 212 Å². The van der Waals surface area contributed by atoms with Crippen LogP contribution in [0.25, 0.3) is 10.9 Å². The van der Waals surface area contributed by atoms with Crippen molar-refractivity contribution < 1.29 is 24.2 Å². The molecular formula is C28H21ClN2O5. The molecule has 3 aromatic carbocycles. The smallest absolute Gasteiger partial charge is 0.335 e. The number of halogens is 1. The molecule has 1 heterocycles. The molecule has 0 unspecified atom stereocenters. The van der Waals surface area contributed by atoms with E-state index in [0.717, 1.165) is 11.6 Å². The van der Waals surface area contributed by atoms with Crippen LogP contribution in [0.1, 0.15) is 32.7 Å². The molecule has 2 N–H and O–H groups in total. The number of hydrogen-bond donors (Lipinski definition) is 2. The zero-order valence-electron chi connectivity index (χ0n) is 19.0. The lowest BCUT2D eigenvalue weighted by molar-refractivity contribution is -0.128. The number of nitrogens with zero attached hydrogens (tertiary/aromatic N) is 1. The van der Waals surface area contributed by atoms with Crippen LogP contribution in [0.5, 0.6) is 11.5 Å². The van der Waals surface area contributed by atoms with Crippen molar-refractivity contribution in [1.29, 1.82) is 0 Å². The van der Waals surface area contributed by atoms with E-state index >= 15 is 0 Å². The van der Waals surface area contributed by atoms with Gasteiger partial charge in [0.25, 0.3) is 5.91 Å². The van der Waals surface area contributed by atoms with Crippen LogP contribution < -0.4 is 10.1 Å². The Kier molecular flexibility index (Phi) is 7.42. The molecule has 0 saturated heterocycles. The minimum atomic E-state index is -0.700. The first kappa shape index (κ1) is 24.6. The highest BCUT2D eigenvalue weighted by Crippen LogP contribution is 2.29. The highest BCUT2D eigenvalue weighted by atomic mass is 35.5.